The highest BCUT2D eigenvalue weighted by Crippen LogP contribution is 2.33. The summed E-state index contributed by atoms with van der Waals surface area (Å²) in [6.07, 6.45) is 3.35. The van der Waals surface area contributed by atoms with Crippen molar-refractivity contribution in [2.45, 2.75) is 46.1 Å². The van der Waals surface area contributed by atoms with Crippen LogP contribution >= 0.6 is 0 Å². The summed E-state index contributed by atoms with van der Waals surface area (Å²) in [4.78, 5) is 11.2. The van der Waals surface area contributed by atoms with Crippen molar-refractivity contribution in [3.8, 4) is 22.3 Å². The smallest absolute Gasteiger partial charge is 0.303 e. The molecule has 0 saturated heterocycles. The van der Waals surface area contributed by atoms with Crippen molar-refractivity contribution in [2.75, 3.05) is 0 Å². The van der Waals surface area contributed by atoms with Gasteiger partial charge in [0.2, 0.25) is 0 Å². The number of carbonyl (C=O) groups is 1. The van der Waals surface area contributed by atoms with Gasteiger partial charge in [-0.05, 0) is 53.1 Å². The van der Waals surface area contributed by atoms with Crippen molar-refractivity contribution < 1.29 is 9.53 Å². The third-order valence-corrected chi connectivity index (χ3v) is 5.04. The number of unbranched alkanes of at least 4 members (excludes halogenated alkanes) is 1. The quantitative estimate of drug-likeness (QED) is 0.418. The molecule has 0 aliphatic heterocycles. The molecule has 0 spiro atoms. The van der Waals surface area contributed by atoms with E-state index in [1.165, 1.54) is 42.0 Å². The SMILES string of the molecule is CCCCc1ccc(-c2ccccc2-c2ccc(C(C)OC(C)=O)cc2)cc1. The third-order valence-electron chi connectivity index (χ3n) is 5.04. The molecule has 0 aromatic heterocycles. The average molecular weight is 373 g/mol. The van der Waals surface area contributed by atoms with Crippen LogP contribution in [0.5, 0.6) is 0 Å². The van der Waals surface area contributed by atoms with Crippen molar-refractivity contribution in [3.63, 3.8) is 0 Å². The van der Waals surface area contributed by atoms with Crippen molar-refractivity contribution in [1.82, 2.24) is 0 Å². The van der Waals surface area contributed by atoms with Crippen LogP contribution in [-0.4, -0.2) is 5.97 Å². The number of hydrogen-bond donors (Lipinski definition) is 0. The predicted octanol–water partition coefficient (Wildman–Crippen LogP) is 6.99. The predicted molar refractivity (Wildman–Crippen MR) is 116 cm³/mol. The largest absolute Gasteiger partial charge is 0.458 e. The summed E-state index contributed by atoms with van der Waals surface area (Å²) in [5, 5.41) is 0. The van der Waals surface area contributed by atoms with Crippen LogP contribution in [0.1, 0.15) is 50.8 Å². The average Bonchev–Trinajstić information content (AvgIpc) is 2.72. The lowest BCUT2D eigenvalue weighted by Gasteiger charge is -2.14. The minimum atomic E-state index is -0.260. The molecule has 0 aliphatic rings. The fourth-order valence-electron chi connectivity index (χ4n) is 3.47. The van der Waals surface area contributed by atoms with Crippen LogP contribution in [0.15, 0.2) is 72.8 Å². The maximum Gasteiger partial charge on any atom is 0.303 e. The maximum atomic E-state index is 11.2. The molecule has 144 valence electrons. The Bertz CT molecular complexity index is 908. The molecule has 2 heteroatoms. The molecule has 0 bridgehead atoms. The van der Waals surface area contributed by atoms with E-state index < -0.39 is 0 Å². The first-order valence-corrected chi connectivity index (χ1v) is 10.0. The first-order valence-electron chi connectivity index (χ1n) is 10.0. The molecule has 3 aromatic carbocycles. The Labute approximate surface area is 168 Å². The normalized spacial score (nSPS) is 11.8. The maximum absolute atomic E-state index is 11.2. The molecule has 28 heavy (non-hydrogen) atoms. The molecule has 1 atom stereocenters. The molecule has 0 aliphatic carbocycles. The summed E-state index contributed by atoms with van der Waals surface area (Å²) >= 11 is 0. The van der Waals surface area contributed by atoms with Crippen molar-refractivity contribution in [1.29, 1.82) is 0 Å². The van der Waals surface area contributed by atoms with E-state index in [1.54, 1.807) is 0 Å². The van der Waals surface area contributed by atoms with E-state index >= 15 is 0 Å². The number of hydrogen-bond acceptors (Lipinski definition) is 2. The number of rotatable bonds is 7. The Morgan fingerprint density at radius 3 is 1.89 bits per heavy atom. The van der Waals surface area contributed by atoms with E-state index in [-0.39, 0.29) is 12.1 Å². The number of ether oxygens (including phenoxy) is 1. The minimum absolute atomic E-state index is 0.238. The van der Waals surface area contributed by atoms with Crippen LogP contribution in [-0.2, 0) is 16.0 Å². The second kappa shape index (κ2) is 9.36. The Morgan fingerprint density at radius 1 is 0.857 bits per heavy atom. The molecule has 3 aromatic rings. The zero-order valence-corrected chi connectivity index (χ0v) is 16.9. The standard InChI is InChI=1S/C26H28O2/c1-4-5-8-21-11-13-23(14-12-21)25-9-6-7-10-26(25)24-17-15-22(16-18-24)19(2)28-20(3)27/h6-7,9-19H,4-5,8H2,1-3H3. The van der Waals surface area contributed by atoms with Gasteiger partial charge in [-0.15, -0.1) is 0 Å². The van der Waals surface area contributed by atoms with Crippen LogP contribution in [0.3, 0.4) is 0 Å². The van der Waals surface area contributed by atoms with E-state index in [0.717, 1.165) is 17.5 Å². The van der Waals surface area contributed by atoms with E-state index in [2.05, 4.69) is 67.6 Å². The Balaban J connectivity index is 1.87. The Hall–Kier alpha value is -2.87. The van der Waals surface area contributed by atoms with Gasteiger partial charge in [-0.1, -0.05) is 86.1 Å². The lowest BCUT2D eigenvalue weighted by Crippen LogP contribution is -2.04. The van der Waals surface area contributed by atoms with Crippen LogP contribution in [0.2, 0.25) is 0 Å². The van der Waals surface area contributed by atoms with E-state index in [1.807, 2.05) is 19.1 Å². The van der Waals surface area contributed by atoms with Gasteiger partial charge in [-0.2, -0.15) is 0 Å². The number of esters is 1. The number of carbonyl (C=O) groups excluding carboxylic acids is 1. The summed E-state index contributed by atoms with van der Waals surface area (Å²) in [6, 6.07) is 25.7. The van der Waals surface area contributed by atoms with Gasteiger partial charge in [0.05, 0.1) is 0 Å². The van der Waals surface area contributed by atoms with Gasteiger partial charge in [0, 0.05) is 6.92 Å². The molecule has 1 unspecified atom stereocenters. The summed E-state index contributed by atoms with van der Waals surface area (Å²) in [6.45, 7) is 5.56. The molecule has 3 rings (SSSR count). The molecule has 0 heterocycles. The summed E-state index contributed by atoms with van der Waals surface area (Å²) in [5.41, 5.74) is 7.21. The van der Waals surface area contributed by atoms with Crippen LogP contribution in [0, 0.1) is 0 Å². The van der Waals surface area contributed by atoms with Crippen LogP contribution < -0.4 is 0 Å². The summed E-state index contributed by atoms with van der Waals surface area (Å²) < 4.78 is 5.28. The molecule has 0 saturated carbocycles. The van der Waals surface area contributed by atoms with Gasteiger partial charge in [-0.3, -0.25) is 4.79 Å². The molecular formula is C26H28O2. The van der Waals surface area contributed by atoms with Gasteiger partial charge >= 0.3 is 5.97 Å². The Kier molecular flexibility index (Phi) is 6.65. The van der Waals surface area contributed by atoms with Crippen LogP contribution in [0.4, 0.5) is 0 Å². The fourth-order valence-corrected chi connectivity index (χ4v) is 3.47. The second-order valence-electron chi connectivity index (χ2n) is 7.22. The van der Waals surface area contributed by atoms with Gasteiger partial charge in [0.15, 0.2) is 0 Å². The summed E-state index contributed by atoms with van der Waals surface area (Å²) in [5.74, 6) is -0.260. The second-order valence-corrected chi connectivity index (χ2v) is 7.22. The molecule has 0 N–H and O–H groups in total. The van der Waals surface area contributed by atoms with Crippen molar-refractivity contribution in [3.05, 3.63) is 83.9 Å². The van der Waals surface area contributed by atoms with E-state index in [9.17, 15) is 4.79 Å². The first-order chi connectivity index (χ1) is 13.6. The highest BCUT2D eigenvalue weighted by molar-refractivity contribution is 5.83. The molecular weight excluding hydrogens is 344 g/mol. The van der Waals surface area contributed by atoms with Gasteiger partial charge < -0.3 is 4.74 Å². The molecule has 0 amide bonds. The van der Waals surface area contributed by atoms with Gasteiger partial charge in [0.1, 0.15) is 6.10 Å². The van der Waals surface area contributed by atoms with Gasteiger partial charge in [-0.25, -0.2) is 0 Å². The zero-order valence-electron chi connectivity index (χ0n) is 16.9. The molecule has 0 radical (unpaired) electrons. The van der Waals surface area contributed by atoms with Crippen molar-refractivity contribution >= 4 is 5.97 Å². The highest BCUT2D eigenvalue weighted by Gasteiger charge is 2.11. The highest BCUT2D eigenvalue weighted by atomic mass is 16.5. The molecule has 0 fully saturated rings. The van der Waals surface area contributed by atoms with E-state index in [0.29, 0.717) is 0 Å². The fraction of sp³-hybridized carbons (Fsp3) is 0.269. The topological polar surface area (TPSA) is 26.3 Å². The number of aryl methyl sites for hydroxylation is 1. The number of benzene rings is 3. The van der Waals surface area contributed by atoms with Gasteiger partial charge in [0.25, 0.3) is 0 Å². The Morgan fingerprint density at radius 2 is 1.39 bits per heavy atom. The summed E-state index contributed by atoms with van der Waals surface area (Å²) in [7, 11) is 0. The van der Waals surface area contributed by atoms with Crippen molar-refractivity contribution in [2.24, 2.45) is 0 Å². The third kappa shape index (κ3) is 4.89. The van der Waals surface area contributed by atoms with Crippen LogP contribution in [0.25, 0.3) is 22.3 Å². The first kappa shape index (κ1) is 19.9. The lowest BCUT2D eigenvalue weighted by atomic mass is 9.93. The zero-order chi connectivity index (χ0) is 19.9. The molecule has 2 nitrogen and oxygen atoms in total. The van der Waals surface area contributed by atoms with E-state index in [4.69, 9.17) is 4.74 Å². The monoisotopic (exact) mass is 372 g/mol. The minimum Gasteiger partial charge on any atom is -0.458 e. The lowest BCUT2D eigenvalue weighted by molar-refractivity contribution is -0.145.